The van der Waals surface area contributed by atoms with Crippen molar-refractivity contribution in [2.75, 3.05) is 19.6 Å². The number of carbonyl (C=O) groups is 1. The Morgan fingerprint density at radius 3 is 2.68 bits per heavy atom. The molecule has 1 aromatic heterocycles. The first kappa shape index (κ1) is 14.0. The number of aromatic nitrogens is 2. The molecule has 0 aliphatic carbocycles. The summed E-state index contributed by atoms with van der Waals surface area (Å²) in [6.45, 7) is 1.13. The van der Waals surface area contributed by atoms with Gasteiger partial charge in [-0.3, -0.25) is 4.79 Å². The molecular formula is C10H17N5O3S. The number of primary amides is 1. The second kappa shape index (κ2) is 5.68. The van der Waals surface area contributed by atoms with Crippen molar-refractivity contribution in [2.45, 2.75) is 23.9 Å². The van der Waals surface area contributed by atoms with Crippen LogP contribution in [0.4, 0.5) is 0 Å². The summed E-state index contributed by atoms with van der Waals surface area (Å²) in [6.07, 6.45) is 3.82. The maximum atomic E-state index is 12.5. The van der Waals surface area contributed by atoms with Crippen LogP contribution in [0, 0.1) is 0 Å². The number of aromatic amines is 1. The minimum absolute atomic E-state index is 0.0210. The third kappa shape index (κ3) is 3.11. The van der Waals surface area contributed by atoms with Gasteiger partial charge in [0.05, 0.1) is 19.1 Å². The molecule has 0 bridgehead atoms. The van der Waals surface area contributed by atoms with Crippen molar-refractivity contribution in [3.8, 4) is 0 Å². The van der Waals surface area contributed by atoms with E-state index in [4.69, 9.17) is 5.73 Å². The summed E-state index contributed by atoms with van der Waals surface area (Å²) < 4.78 is 26.1. The summed E-state index contributed by atoms with van der Waals surface area (Å²) in [7, 11) is -3.77. The second-order valence-electron chi connectivity index (χ2n) is 4.41. The average molecular weight is 287 g/mol. The highest BCUT2D eigenvalue weighted by molar-refractivity contribution is 7.89. The van der Waals surface area contributed by atoms with Gasteiger partial charge in [-0.25, -0.2) is 13.4 Å². The van der Waals surface area contributed by atoms with E-state index in [1.165, 1.54) is 16.8 Å². The van der Waals surface area contributed by atoms with Crippen molar-refractivity contribution < 1.29 is 13.2 Å². The van der Waals surface area contributed by atoms with Crippen molar-refractivity contribution >= 4 is 15.9 Å². The molecule has 1 saturated heterocycles. The van der Waals surface area contributed by atoms with Gasteiger partial charge >= 0.3 is 0 Å². The fraction of sp³-hybridized carbons (Fsp3) is 0.600. The lowest BCUT2D eigenvalue weighted by Gasteiger charge is -2.32. The first-order chi connectivity index (χ1) is 9.01. The van der Waals surface area contributed by atoms with Crippen LogP contribution in [-0.2, 0) is 14.8 Å². The Balaban J connectivity index is 2.28. The van der Waals surface area contributed by atoms with Crippen molar-refractivity contribution in [1.82, 2.24) is 19.6 Å². The van der Waals surface area contributed by atoms with Crippen LogP contribution in [0.2, 0.25) is 0 Å². The number of hydrogen-bond acceptors (Lipinski definition) is 5. The van der Waals surface area contributed by atoms with Crippen LogP contribution >= 0.6 is 0 Å². The topological polar surface area (TPSA) is 121 Å². The molecule has 0 atom stereocenters. The highest BCUT2D eigenvalue weighted by Crippen LogP contribution is 2.20. The van der Waals surface area contributed by atoms with E-state index in [1.54, 1.807) is 0 Å². The molecule has 1 aromatic rings. The Labute approximate surface area is 111 Å². The van der Waals surface area contributed by atoms with E-state index in [0.29, 0.717) is 12.8 Å². The zero-order valence-corrected chi connectivity index (χ0v) is 11.2. The average Bonchev–Trinajstić information content (AvgIpc) is 2.91. The fourth-order valence-corrected chi connectivity index (χ4v) is 3.72. The van der Waals surface area contributed by atoms with Gasteiger partial charge in [-0.2, -0.15) is 4.31 Å². The number of rotatable bonds is 5. The lowest BCUT2D eigenvalue weighted by Crippen LogP contribution is -2.49. The Morgan fingerprint density at radius 2 is 2.16 bits per heavy atom. The maximum Gasteiger partial charge on any atom is 0.260 e. The fourth-order valence-electron chi connectivity index (χ4n) is 2.17. The zero-order valence-electron chi connectivity index (χ0n) is 10.4. The van der Waals surface area contributed by atoms with Crippen molar-refractivity contribution in [2.24, 2.45) is 5.73 Å². The molecule has 0 spiro atoms. The van der Waals surface area contributed by atoms with E-state index < -0.39 is 15.9 Å². The molecule has 0 aromatic carbocycles. The highest BCUT2D eigenvalue weighted by atomic mass is 32.2. The number of piperidine rings is 1. The molecule has 4 N–H and O–H groups in total. The SMILES string of the molecule is NC(=O)CN(C1CCNCC1)S(=O)(=O)c1cnc[nH]1. The van der Waals surface area contributed by atoms with Gasteiger partial charge in [-0.1, -0.05) is 0 Å². The van der Waals surface area contributed by atoms with Crippen LogP contribution in [0.15, 0.2) is 17.6 Å². The maximum absolute atomic E-state index is 12.5. The number of imidazole rings is 1. The van der Waals surface area contributed by atoms with E-state index in [2.05, 4.69) is 15.3 Å². The van der Waals surface area contributed by atoms with Gasteiger partial charge in [0.25, 0.3) is 10.0 Å². The summed E-state index contributed by atoms with van der Waals surface area (Å²) in [5.74, 6) is -0.665. The number of nitrogens with zero attached hydrogens (tertiary/aromatic N) is 2. The van der Waals surface area contributed by atoms with Crippen molar-refractivity contribution in [3.05, 3.63) is 12.5 Å². The first-order valence-electron chi connectivity index (χ1n) is 6.01. The number of sulfonamides is 1. The van der Waals surface area contributed by atoms with E-state index in [-0.39, 0.29) is 17.6 Å². The minimum Gasteiger partial charge on any atom is -0.369 e. The molecule has 9 heteroatoms. The molecule has 2 rings (SSSR count). The predicted octanol–water partition coefficient (Wildman–Crippen LogP) is -1.36. The molecule has 1 fully saturated rings. The lowest BCUT2D eigenvalue weighted by molar-refractivity contribution is -0.118. The Hall–Kier alpha value is -1.45. The molecule has 0 unspecified atom stereocenters. The molecule has 0 radical (unpaired) electrons. The minimum atomic E-state index is -3.77. The quantitative estimate of drug-likeness (QED) is 0.617. The largest absolute Gasteiger partial charge is 0.369 e. The number of nitrogens with two attached hydrogens (primary N) is 1. The van der Waals surface area contributed by atoms with Crippen LogP contribution in [-0.4, -0.2) is 54.3 Å². The van der Waals surface area contributed by atoms with Crippen LogP contribution in [0.25, 0.3) is 0 Å². The van der Waals surface area contributed by atoms with Gasteiger partial charge < -0.3 is 16.0 Å². The Kier molecular flexibility index (Phi) is 4.17. The molecule has 8 nitrogen and oxygen atoms in total. The highest BCUT2D eigenvalue weighted by Gasteiger charge is 2.34. The summed E-state index contributed by atoms with van der Waals surface area (Å²) in [5.41, 5.74) is 5.16. The van der Waals surface area contributed by atoms with Gasteiger partial charge in [0.15, 0.2) is 5.03 Å². The third-order valence-corrected chi connectivity index (χ3v) is 4.91. The second-order valence-corrected chi connectivity index (χ2v) is 6.27. The smallest absolute Gasteiger partial charge is 0.260 e. The van der Waals surface area contributed by atoms with Crippen LogP contribution in [0.5, 0.6) is 0 Å². The Morgan fingerprint density at radius 1 is 1.47 bits per heavy atom. The van der Waals surface area contributed by atoms with Crippen LogP contribution < -0.4 is 11.1 Å². The summed E-state index contributed by atoms with van der Waals surface area (Å²) in [5, 5.41) is 3.13. The van der Waals surface area contributed by atoms with E-state index in [0.717, 1.165) is 13.1 Å². The van der Waals surface area contributed by atoms with E-state index in [9.17, 15) is 13.2 Å². The van der Waals surface area contributed by atoms with Crippen molar-refractivity contribution in [1.29, 1.82) is 0 Å². The molecule has 19 heavy (non-hydrogen) atoms. The summed E-state index contributed by atoms with van der Waals surface area (Å²) in [4.78, 5) is 17.4. The molecule has 1 aliphatic heterocycles. The summed E-state index contributed by atoms with van der Waals surface area (Å²) >= 11 is 0. The normalized spacial score (nSPS) is 17.7. The van der Waals surface area contributed by atoms with Gasteiger partial charge in [0.2, 0.25) is 5.91 Å². The predicted molar refractivity (Wildman–Crippen MR) is 67.6 cm³/mol. The van der Waals surface area contributed by atoms with Gasteiger partial charge in [0.1, 0.15) is 0 Å². The molecular weight excluding hydrogens is 270 g/mol. The first-order valence-corrected chi connectivity index (χ1v) is 7.45. The zero-order chi connectivity index (χ0) is 13.9. The number of carbonyl (C=O) groups excluding carboxylic acids is 1. The van der Waals surface area contributed by atoms with Crippen LogP contribution in [0.3, 0.4) is 0 Å². The van der Waals surface area contributed by atoms with Gasteiger partial charge in [-0.15, -0.1) is 0 Å². The molecule has 2 heterocycles. The van der Waals surface area contributed by atoms with Crippen molar-refractivity contribution in [3.63, 3.8) is 0 Å². The molecule has 0 saturated carbocycles. The van der Waals surface area contributed by atoms with Crippen LogP contribution in [0.1, 0.15) is 12.8 Å². The lowest BCUT2D eigenvalue weighted by atomic mass is 10.1. The number of H-pyrrole nitrogens is 1. The number of nitrogens with one attached hydrogen (secondary N) is 2. The van der Waals surface area contributed by atoms with Gasteiger partial charge in [-0.05, 0) is 25.9 Å². The standard InChI is InChI=1S/C10H17N5O3S/c11-9(16)6-15(8-1-3-12-4-2-8)19(17,18)10-5-13-7-14-10/h5,7-8,12H,1-4,6H2,(H2,11,16)(H,13,14). The monoisotopic (exact) mass is 287 g/mol. The molecule has 1 aliphatic rings. The third-order valence-electron chi connectivity index (χ3n) is 3.09. The van der Waals surface area contributed by atoms with E-state index in [1.807, 2.05) is 0 Å². The molecule has 106 valence electrons. The summed E-state index contributed by atoms with van der Waals surface area (Å²) in [6, 6.07) is -0.220. The van der Waals surface area contributed by atoms with E-state index >= 15 is 0 Å². The Bertz CT molecular complexity index is 521. The number of amides is 1. The molecule has 1 amide bonds. The van der Waals surface area contributed by atoms with Gasteiger partial charge in [0, 0.05) is 6.04 Å². The number of hydrogen-bond donors (Lipinski definition) is 3.